The first-order valence-corrected chi connectivity index (χ1v) is 8.45. The molecule has 0 bridgehead atoms. The van der Waals surface area contributed by atoms with E-state index in [0.29, 0.717) is 6.42 Å². The number of hydrogen-bond acceptors (Lipinski definition) is 5. The lowest BCUT2D eigenvalue weighted by molar-refractivity contribution is -0.141. The Bertz CT molecular complexity index is 462. The molecule has 0 radical (unpaired) electrons. The highest BCUT2D eigenvalue weighted by Crippen LogP contribution is 2.06. The van der Waals surface area contributed by atoms with Gasteiger partial charge in [0.2, 0.25) is 5.91 Å². The molecule has 0 aliphatic heterocycles. The fraction of sp³-hybridized carbons (Fsp3) is 0.750. The summed E-state index contributed by atoms with van der Waals surface area (Å²) < 4.78 is 4.94. The zero-order valence-electron chi connectivity index (χ0n) is 16.2. The second-order valence-electron chi connectivity index (χ2n) is 6.45. The van der Waals surface area contributed by atoms with Crippen LogP contribution in [0.15, 0.2) is 0 Å². The summed E-state index contributed by atoms with van der Waals surface area (Å²) in [6.07, 6.45) is 0.901. The molecule has 26 heavy (non-hydrogen) atoms. The molecule has 10 nitrogen and oxygen atoms in total. The first-order valence-electron chi connectivity index (χ1n) is 8.45. The Morgan fingerprint density at radius 2 is 1.65 bits per heavy atom. The van der Waals surface area contributed by atoms with Gasteiger partial charge in [-0.1, -0.05) is 20.3 Å². The van der Waals surface area contributed by atoms with Crippen molar-refractivity contribution in [3.63, 3.8) is 0 Å². The molecule has 1 unspecified atom stereocenters. The van der Waals surface area contributed by atoms with Gasteiger partial charge in [0.15, 0.2) is 0 Å². The van der Waals surface area contributed by atoms with E-state index >= 15 is 0 Å². The molecule has 152 valence electrons. The summed E-state index contributed by atoms with van der Waals surface area (Å²) >= 11 is 0. The molecule has 1 atom stereocenters. The van der Waals surface area contributed by atoms with Crippen molar-refractivity contribution >= 4 is 24.0 Å². The summed E-state index contributed by atoms with van der Waals surface area (Å²) in [6.45, 7) is 9.07. The minimum atomic E-state index is -1.21. The monoisotopic (exact) mass is 376 g/mol. The second kappa shape index (κ2) is 13.7. The van der Waals surface area contributed by atoms with E-state index in [2.05, 4.69) is 29.8 Å². The van der Waals surface area contributed by atoms with E-state index in [-0.39, 0.29) is 13.0 Å². The maximum absolute atomic E-state index is 11.6. The predicted molar refractivity (Wildman–Crippen MR) is 96.6 cm³/mol. The minimum Gasteiger partial charge on any atom is -0.480 e. The van der Waals surface area contributed by atoms with Crippen molar-refractivity contribution in [3.05, 3.63) is 0 Å². The lowest BCUT2D eigenvalue weighted by Gasteiger charge is -2.20. The third kappa shape index (κ3) is 17.8. The van der Waals surface area contributed by atoms with Gasteiger partial charge in [-0.2, -0.15) is 0 Å². The Labute approximate surface area is 154 Å². The van der Waals surface area contributed by atoms with Crippen LogP contribution in [-0.2, 0) is 14.3 Å². The number of alkyl carbamates (subject to hydrolysis) is 1. The van der Waals surface area contributed by atoms with Crippen molar-refractivity contribution < 1.29 is 29.0 Å². The van der Waals surface area contributed by atoms with Crippen LogP contribution in [0.25, 0.3) is 0 Å². The summed E-state index contributed by atoms with van der Waals surface area (Å²) in [5.74, 6) is -1.87. The zero-order chi connectivity index (χ0) is 20.8. The van der Waals surface area contributed by atoms with Gasteiger partial charge in [-0.25, -0.2) is 14.4 Å². The lowest BCUT2D eigenvalue weighted by Crippen LogP contribution is -2.46. The molecule has 4 amide bonds. The molecule has 0 heterocycles. The van der Waals surface area contributed by atoms with E-state index in [9.17, 15) is 19.2 Å². The smallest absolute Gasteiger partial charge is 0.408 e. The summed E-state index contributed by atoms with van der Waals surface area (Å²) in [6, 6.07) is -1.83. The van der Waals surface area contributed by atoms with Crippen molar-refractivity contribution in [2.24, 2.45) is 5.73 Å². The van der Waals surface area contributed by atoms with Crippen LogP contribution >= 0.6 is 0 Å². The van der Waals surface area contributed by atoms with Gasteiger partial charge in [-0.05, 0) is 33.6 Å². The lowest BCUT2D eigenvalue weighted by atomic mass is 10.1. The molecule has 0 aromatic rings. The van der Waals surface area contributed by atoms with E-state index in [0.717, 1.165) is 0 Å². The molecular formula is C16H32N4O6. The molecule has 0 saturated carbocycles. The number of aliphatic carboxylic acids is 1. The number of carboxylic acids is 1. The molecule has 0 aliphatic carbocycles. The summed E-state index contributed by atoms with van der Waals surface area (Å²) in [4.78, 5) is 44.5. The van der Waals surface area contributed by atoms with E-state index in [1.807, 2.05) is 0 Å². The van der Waals surface area contributed by atoms with Gasteiger partial charge < -0.3 is 31.5 Å². The van der Waals surface area contributed by atoms with Gasteiger partial charge >= 0.3 is 18.1 Å². The van der Waals surface area contributed by atoms with Gasteiger partial charge in [0.25, 0.3) is 0 Å². The summed E-state index contributed by atoms with van der Waals surface area (Å²) in [7, 11) is 0. The molecule has 0 rings (SSSR count). The molecule has 6 N–H and O–H groups in total. The Morgan fingerprint density at radius 3 is 2.08 bits per heavy atom. The fourth-order valence-corrected chi connectivity index (χ4v) is 1.49. The Balaban J connectivity index is 0. The molecule has 0 saturated heterocycles. The standard InChI is InChI=1S/C13H24N4O6.C3H8/c1-13(2,3)23-12(22)16-7-9(18)17-8(10(19)20)5-4-6-15-11(14)21;1-3-2/h8H,4-7H2,1-3H3,(H,16,22)(H,17,18)(H,19,20)(H3,14,15,21);3H2,1-2H3. The van der Waals surface area contributed by atoms with Crippen molar-refractivity contribution in [1.29, 1.82) is 0 Å². The van der Waals surface area contributed by atoms with Crippen molar-refractivity contribution in [3.8, 4) is 0 Å². The van der Waals surface area contributed by atoms with Crippen LogP contribution in [0.2, 0.25) is 0 Å². The summed E-state index contributed by atoms with van der Waals surface area (Å²) in [5, 5.41) is 15.8. The molecule has 0 aromatic heterocycles. The third-order valence-corrected chi connectivity index (χ3v) is 2.39. The number of nitrogens with one attached hydrogen (secondary N) is 3. The van der Waals surface area contributed by atoms with Gasteiger partial charge in [-0.15, -0.1) is 0 Å². The van der Waals surface area contributed by atoms with Crippen LogP contribution in [0.5, 0.6) is 0 Å². The Hall–Kier alpha value is -2.52. The molecular weight excluding hydrogens is 344 g/mol. The first kappa shape index (κ1) is 25.7. The average molecular weight is 376 g/mol. The first-order chi connectivity index (χ1) is 11.9. The number of carboxylic acid groups (broad SMARTS) is 1. The van der Waals surface area contributed by atoms with Crippen LogP contribution in [0.4, 0.5) is 9.59 Å². The molecule has 0 spiro atoms. The van der Waals surface area contributed by atoms with Crippen LogP contribution in [-0.4, -0.2) is 53.8 Å². The average Bonchev–Trinajstić information content (AvgIpc) is 2.47. The number of carbonyl (C=O) groups is 4. The highest BCUT2D eigenvalue weighted by molar-refractivity contribution is 5.86. The van der Waals surface area contributed by atoms with Crippen LogP contribution < -0.4 is 21.7 Å². The fourth-order valence-electron chi connectivity index (χ4n) is 1.49. The third-order valence-electron chi connectivity index (χ3n) is 2.39. The zero-order valence-corrected chi connectivity index (χ0v) is 16.2. The molecule has 0 aromatic carbocycles. The molecule has 0 fully saturated rings. The van der Waals surface area contributed by atoms with Gasteiger partial charge in [0, 0.05) is 6.54 Å². The Morgan fingerprint density at radius 1 is 1.12 bits per heavy atom. The van der Waals surface area contributed by atoms with E-state index in [1.54, 1.807) is 20.8 Å². The maximum atomic E-state index is 11.6. The molecule has 10 heteroatoms. The normalized spacial score (nSPS) is 11.3. The van der Waals surface area contributed by atoms with E-state index in [4.69, 9.17) is 15.6 Å². The topological polar surface area (TPSA) is 160 Å². The van der Waals surface area contributed by atoms with Crippen LogP contribution in [0, 0.1) is 0 Å². The van der Waals surface area contributed by atoms with Crippen LogP contribution in [0.1, 0.15) is 53.9 Å². The van der Waals surface area contributed by atoms with E-state index in [1.165, 1.54) is 6.42 Å². The maximum Gasteiger partial charge on any atom is 0.408 e. The highest BCUT2D eigenvalue weighted by atomic mass is 16.6. The van der Waals surface area contributed by atoms with Gasteiger partial charge in [0.05, 0.1) is 0 Å². The second-order valence-corrected chi connectivity index (χ2v) is 6.45. The number of ether oxygens (including phenoxy) is 1. The Kier molecular flexibility index (Phi) is 13.6. The minimum absolute atomic E-state index is 0.105. The predicted octanol–water partition coefficient (Wildman–Crippen LogP) is 0.945. The molecule has 0 aliphatic rings. The number of urea groups is 1. The SMILES string of the molecule is CC(C)(C)OC(=O)NCC(=O)NC(CCCNC(N)=O)C(=O)O.CCC. The van der Waals surface area contributed by atoms with Gasteiger partial charge in [-0.3, -0.25) is 4.79 Å². The number of amides is 4. The van der Waals surface area contributed by atoms with E-state index < -0.39 is 42.2 Å². The van der Waals surface area contributed by atoms with Gasteiger partial charge in [0.1, 0.15) is 18.2 Å². The number of nitrogens with two attached hydrogens (primary N) is 1. The number of carbonyl (C=O) groups excluding carboxylic acids is 3. The number of hydrogen-bond donors (Lipinski definition) is 5. The number of primary amides is 1. The van der Waals surface area contributed by atoms with Crippen LogP contribution in [0.3, 0.4) is 0 Å². The van der Waals surface area contributed by atoms with Crippen molar-refractivity contribution in [2.75, 3.05) is 13.1 Å². The highest BCUT2D eigenvalue weighted by Gasteiger charge is 2.21. The summed E-state index contributed by atoms with van der Waals surface area (Å²) in [5.41, 5.74) is 4.18. The van der Waals surface area contributed by atoms with Crippen molar-refractivity contribution in [2.45, 2.75) is 65.5 Å². The number of rotatable bonds is 8. The quantitative estimate of drug-likeness (QED) is 0.396. The van der Waals surface area contributed by atoms with Crippen molar-refractivity contribution in [1.82, 2.24) is 16.0 Å². The largest absolute Gasteiger partial charge is 0.480 e.